The molecule has 0 aliphatic heterocycles. The summed E-state index contributed by atoms with van der Waals surface area (Å²) in [5.74, 6) is 0. The van der Waals surface area contributed by atoms with Gasteiger partial charge in [-0.1, -0.05) is 13.8 Å². The molecule has 4 aliphatic rings. The Hall–Kier alpha value is -0.840. The first-order valence-corrected chi connectivity index (χ1v) is 6.76. The Bertz CT molecular complexity index is 391. The lowest BCUT2D eigenvalue weighted by Gasteiger charge is -2.68. The average Bonchev–Trinajstić information content (AvgIpc) is 2.09. The van der Waals surface area contributed by atoms with E-state index < -0.39 is 10.7 Å². The summed E-state index contributed by atoms with van der Waals surface area (Å²) < 4.78 is 0. The smallest absolute Gasteiger partial charge is 0.295 e. The van der Waals surface area contributed by atoms with Gasteiger partial charge in [0.05, 0.1) is 0 Å². The van der Waals surface area contributed by atoms with Gasteiger partial charge in [0, 0.05) is 0 Å². The molecule has 0 aromatic heterocycles. The quantitative estimate of drug-likeness (QED) is 0.619. The molecule has 0 saturated heterocycles. The van der Waals surface area contributed by atoms with Gasteiger partial charge in [0.15, 0.2) is 0 Å². The van der Waals surface area contributed by atoms with Crippen LogP contribution < -0.4 is 5.73 Å². The minimum absolute atomic E-state index is 0.0637. The third-order valence-corrected chi connectivity index (χ3v) is 5.35. The maximum absolute atomic E-state index is 10.8. The van der Waals surface area contributed by atoms with E-state index in [0.29, 0.717) is 6.54 Å². The average molecular weight is 254 g/mol. The molecule has 2 atom stereocenters. The van der Waals surface area contributed by atoms with Gasteiger partial charge < -0.3 is 10.6 Å². The number of hydrogen-bond acceptors (Lipinski definition) is 4. The molecule has 5 heteroatoms. The Balaban J connectivity index is 2.02. The maximum atomic E-state index is 10.8. The largest absolute Gasteiger partial charge is 0.330 e. The van der Waals surface area contributed by atoms with Gasteiger partial charge in [0.1, 0.15) is 5.60 Å². The first kappa shape index (κ1) is 12.2. The van der Waals surface area contributed by atoms with Gasteiger partial charge in [-0.05, 0) is 61.3 Å². The summed E-state index contributed by atoms with van der Waals surface area (Å²) in [7, 11) is 0. The van der Waals surface area contributed by atoms with Gasteiger partial charge in [-0.2, -0.15) is 0 Å². The van der Waals surface area contributed by atoms with Crippen LogP contribution in [-0.4, -0.2) is 17.2 Å². The van der Waals surface area contributed by atoms with Crippen LogP contribution in [0.4, 0.5) is 0 Å². The van der Waals surface area contributed by atoms with Crippen molar-refractivity contribution in [2.75, 3.05) is 6.54 Å². The van der Waals surface area contributed by atoms with Crippen LogP contribution in [0.1, 0.15) is 52.4 Å². The molecule has 2 N–H and O–H groups in total. The van der Waals surface area contributed by atoms with Crippen LogP contribution in [0.25, 0.3) is 0 Å². The zero-order chi connectivity index (χ0) is 13.2. The second-order valence-corrected chi connectivity index (χ2v) is 7.88. The van der Waals surface area contributed by atoms with E-state index in [2.05, 4.69) is 13.8 Å². The first-order valence-electron chi connectivity index (χ1n) is 6.76. The summed E-state index contributed by atoms with van der Waals surface area (Å²) in [4.78, 5) is 16.0. The van der Waals surface area contributed by atoms with Crippen molar-refractivity contribution in [3.63, 3.8) is 0 Å². The van der Waals surface area contributed by atoms with E-state index in [1.54, 1.807) is 0 Å². The van der Waals surface area contributed by atoms with Gasteiger partial charge in [-0.25, -0.2) is 0 Å². The molecule has 5 nitrogen and oxygen atoms in total. The van der Waals surface area contributed by atoms with Gasteiger partial charge >= 0.3 is 0 Å². The van der Waals surface area contributed by atoms with E-state index in [1.807, 2.05) is 0 Å². The molecule has 18 heavy (non-hydrogen) atoms. The third kappa shape index (κ3) is 1.63. The van der Waals surface area contributed by atoms with E-state index in [9.17, 15) is 10.1 Å². The molecule has 102 valence electrons. The highest BCUT2D eigenvalue weighted by Gasteiger charge is 2.66. The second kappa shape index (κ2) is 3.18. The van der Waals surface area contributed by atoms with E-state index in [0.717, 1.165) is 38.5 Å². The monoisotopic (exact) mass is 254 g/mol. The van der Waals surface area contributed by atoms with E-state index in [1.165, 1.54) is 0 Å². The van der Waals surface area contributed by atoms with Gasteiger partial charge in [0.2, 0.25) is 0 Å². The summed E-state index contributed by atoms with van der Waals surface area (Å²) in [6.07, 6.45) is 5.77. The molecule has 0 aromatic rings. The number of nitrogens with two attached hydrogens (primary N) is 1. The Kier molecular flexibility index (Phi) is 2.16. The SMILES string of the molecule is CC12CC3(C)CC(CN)(C1)CC(O[N+](=O)[O-])(C2)C3. The van der Waals surface area contributed by atoms with Crippen molar-refractivity contribution in [2.45, 2.75) is 58.0 Å². The fourth-order valence-electron chi connectivity index (χ4n) is 6.30. The Morgan fingerprint density at radius 2 is 1.67 bits per heavy atom. The molecular weight excluding hydrogens is 232 g/mol. The van der Waals surface area contributed by atoms with Crippen molar-refractivity contribution in [1.29, 1.82) is 0 Å². The third-order valence-electron chi connectivity index (χ3n) is 5.35. The van der Waals surface area contributed by atoms with Gasteiger partial charge in [-0.15, -0.1) is 10.1 Å². The predicted molar refractivity (Wildman–Crippen MR) is 66.2 cm³/mol. The normalized spacial score (nSPS) is 53.5. The summed E-state index contributed by atoms with van der Waals surface area (Å²) >= 11 is 0. The standard InChI is InChI=1S/C13H22N2O3/c1-10-3-11(2)5-12(4-10,9-14)8-13(6-10,7-11)18-15(16)17/h3-9,14H2,1-2H3. The molecule has 0 aromatic carbocycles. The number of rotatable bonds is 3. The van der Waals surface area contributed by atoms with E-state index in [-0.39, 0.29) is 16.2 Å². The van der Waals surface area contributed by atoms with Crippen LogP contribution in [0.2, 0.25) is 0 Å². The first-order chi connectivity index (χ1) is 8.22. The number of nitrogens with zero attached hydrogens (tertiary/aromatic N) is 1. The van der Waals surface area contributed by atoms with Crippen molar-refractivity contribution < 1.29 is 9.92 Å². The van der Waals surface area contributed by atoms with Gasteiger partial charge in [-0.3, -0.25) is 0 Å². The van der Waals surface area contributed by atoms with Crippen LogP contribution in [0.15, 0.2) is 0 Å². The van der Waals surface area contributed by atoms with Crippen LogP contribution >= 0.6 is 0 Å². The van der Waals surface area contributed by atoms with Crippen LogP contribution in [-0.2, 0) is 4.84 Å². The maximum Gasteiger partial charge on any atom is 0.295 e. The van der Waals surface area contributed by atoms with Crippen molar-refractivity contribution in [3.05, 3.63) is 10.1 Å². The highest BCUT2D eigenvalue weighted by Crippen LogP contribution is 2.71. The van der Waals surface area contributed by atoms with Gasteiger partial charge in [0.25, 0.3) is 5.09 Å². The highest BCUT2D eigenvalue weighted by molar-refractivity contribution is 5.16. The fraction of sp³-hybridized carbons (Fsp3) is 1.00. The zero-order valence-electron chi connectivity index (χ0n) is 11.2. The molecule has 0 radical (unpaired) electrons. The van der Waals surface area contributed by atoms with E-state index >= 15 is 0 Å². The predicted octanol–water partition coefficient (Wildman–Crippen LogP) is 2.27. The molecule has 4 bridgehead atoms. The summed E-state index contributed by atoms with van der Waals surface area (Å²) in [6, 6.07) is 0. The Morgan fingerprint density at radius 1 is 1.11 bits per heavy atom. The van der Waals surface area contributed by atoms with E-state index in [4.69, 9.17) is 10.6 Å². The molecule has 4 saturated carbocycles. The summed E-state index contributed by atoms with van der Waals surface area (Å²) in [5.41, 5.74) is 5.84. The Labute approximate surface area is 107 Å². The van der Waals surface area contributed by atoms with Crippen LogP contribution in [0.3, 0.4) is 0 Å². The van der Waals surface area contributed by atoms with Crippen molar-refractivity contribution >= 4 is 0 Å². The topological polar surface area (TPSA) is 78.4 Å². The van der Waals surface area contributed by atoms with Crippen LogP contribution in [0, 0.1) is 26.4 Å². The van der Waals surface area contributed by atoms with Crippen molar-refractivity contribution in [1.82, 2.24) is 0 Å². The van der Waals surface area contributed by atoms with Crippen LogP contribution in [0.5, 0.6) is 0 Å². The zero-order valence-corrected chi connectivity index (χ0v) is 11.2. The summed E-state index contributed by atoms with van der Waals surface area (Å²) in [6.45, 7) is 5.14. The molecule has 4 rings (SSSR count). The minimum Gasteiger partial charge on any atom is -0.330 e. The number of hydrogen-bond donors (Lipinski definition) is 1. The molecule has 0 spiro atoms. The molecule has 4 fully saturated rings. The second-order valence-electron chi connectivity index (χ2n) is 7.88. The fourth-order valence-corrected chi connectivity index (χ4v) is 6.30. The Morgan fingerprint density at radius 3 is 2.11 bits per heavy atom. The molecule has 0 amide bonds. The lowest BCUT2D eigenvalue weighted by atomic mass is 9.39. The molecule has 2 unspecified atom stereocenters. The lowest BCUT2D eigenvalue weighted by molar-refractivity contribution is -0.786. The minimum atomic E-state index is -0.593. The van der Waals surface area contributed by atoms with Crippen molar-refractivity contribution in [3.8, 4) is 0 Å². The highest BCUT2D eigenvalue weighted by atomic mass is 17.0. The lowest BCUT2D eigenvalue weighted by Crippen LogP contribution is -2.65. The molecule has 0 heterocycles. The summed E-state index contributed by atoms with van der Waals surface area (Å²) in [5, 5.41) is 10.2. The molecule has 4 aliphatic carbocycles. The van der Waals surface area contributed by atoms with Crippen molar-refractivity contribution in [2.24, 2.45) is 22.0 Å². The molecular formula is C13H22N2O3.